The minimum atomic E-state index is -0.194. The molecule has 0 aromatic carbocycles. The standard InChI is InChI=1S/C7H17NO/c1-3-6(8)5-7(9)4-2/h6-7,9H,3-5,8H2,1-2H3/t6-,7+/m0/s1. The molecule has 9 heavy (non-hydrogen) atoms. The molecular formula is C7H17NO. The van der Waals surface area contributed by atoms with Gasteiger partial charge in [0, 0.05) is 6.04 Å². The van der Waals surface area contributed by atoms with Crippen LogP contribution >= 0.6 is 0 Å². The quantitative estimate of drug-likeness (QED) is 0.595. The Kier molecular flexibility index (Phi) is 4.72. The highest BCUT2D eigenvalue weighted by molar-refractivity contribution is 4.63. The van der Waals surface area contributed by atoms with Crippen LogP contribution in [-0.2, 0) is 0 Å². The van der Waals surface area contributed by atoms with E-state index in [2.05, 4.69) is 0 Å². The Morgan fingerprint density at radius 2 is 1.89 bits per heavy atom. The molecule has 3 N–H and O–H groups in total. The lowest BCUT2D eigenvalue weighted by Gasteiger charge is -2.12. The first kappa shape index (κ1) is 8.92. The molecule has 0 amide bonds. The zero-order valence-corrected chi connectivity index (χ0v) is 6.30. The predicted molar refractivity (Wildman–Crippen MR) is 39.2 cm³/mol. The Bertz CT molecular complexity index is 57.9. The fourth-order valence-corrected chi connectivity index (χ4v) is 0.683. The number of hydrogen-bond donors (Lipinski definition) is 2. The lowest BCUT2D eigenvalue weighted by molar-refractivity contribution is 0.150. The van der Waals surface area contributed by atoms with Crippen molar-refractivity contribution in [1.29, 1.82) is 0 Å². The molecule has 0 radical (unpaired) electrons. The Morgan fingerprint density at radius 1 is 1.33 bits per heavy atom. The number of aliphatic hydroxyl groups is 1. The Hall–Kier alpha value is -0.0800. The molecule has 0 heterocycles. The van der Waals surface area contributed by atoms with Gasteiger partial charge in [-0.1, -0.05) is 13.8 Å². The van der Waals surface area contributed by atoms with E-state index in [0.29, 0.717) is 0 Å². The van der Waals surface area contributed by atoms with Crippen LogP contribution in [0.4, 0.5) is 0 Å². The molecule has 0 fully saturated rings. The second-order valence-electron chi connectivity index (χ2n) is 2.47. The van der Waals surface area contributed by atoms with Crippen molar-refractivity contribution in [2.75, 3.05) is 0 Å². The SMILES string of the molecule is CC[C@H](N)C[C@H](O)CC. The Balaban J connectivity index is 3.22. The zero-order valence-electron chi connectivity index (χ0n) is 6.30. The van der Waals surface area contributed by atoms with Crippen LogP contribution in [0.15, 0.2) is 0 Å². The smallest absolute Gasteiger partial charge is 0.0552 e. The Labute approximate surface area is 57.1 Å². The van der Waals surface area contributed by atoms with Crippen LogP contribution in [0, 0.1) is 0 Å². The van der Waals surface area contributed by atoms with Crippen LogP contribution in [0.3, 0.4) is 0 Å². The summed E-state index contributed by atoms with van der Waals surface area (Å²) in [5.74, 6) is 0. The topological polar surface area (TPSA) is 46.2 Å². The van der Waals surface area contributed by atoms with E-state index in [4.69, 9.17) is 10.8 Å². The molecule has 0 spiro atoms. The van der Waals surface area contributed by atoms with Crippen molar-refractivity contribution in [2.24, 2.45) is 5.73 Å². The van der Waals surface area contributed by atoms with Gasteiger partial charge >= 0.3 is 0 Å². The van der Waals surface area contributed by atoms with Crippen molar-refractivity contribution >= 4 is 0 Å². The summed E-state index contributed by atoms with van der Waals surface area (Å²) in [5, 5.41) is 9.08. The first-order valence-corrected chi connectivity index (χ1v) is 3.64. The fourth-order valence-electron chi connectivity index (χ4n) is 0.683. The molecule has 56 valence electrons. The van der Waals surface area contributed by atoms with Gasteiger partial charge in [0.25, 0.3) is 0 Å². The van der Waals surface area contributed by atoms with E-state index in [1.54, 1.807) is 0 Å². The van der Waals surface area contributed by atoms with E-state index in [-0.39, 0.29) is 12.1 Å². The molecule has 0 unspecified atom stereocenters. The second-order valence-corrected chi connectivity index (χ2v) is 2.47. The highest BCUT2D eigenvalue weighted by Crippen LogP contribution is 2.01. The first-order chi connectivity index (χ1) is 4.20. The molecule has 0 aliphatic rings. The summed E-state index contributed by atoms with van der Waals surface area (Å²) in [6, 6.07) is 0.181. The van der Waals surface area contributed by atoms with Crippen LogP contribution in [0.25, 0.3) is 0 Å². The first-order valence-electron chi connectivity index (χ1n) is 3.64. The minimum Gasteiger partial charge on any atom is -0.393 e. The summed E-state index contributed by atoms with van der Waals surface area (Å²) < 4.78 is 0. The molecular weight excluding hydrogens is 114 g/mol. The number of rotatable bonds is 4. The number of aliphatic hydroxyl groups excluding tert-OH is 1. The Morgan fingerprint density at radius 3 is 2.22 bits per heavy atom. The third-order valence-electron chi connectivity index (χ3n) is 1.57. The maximum absolute atomic E-state index is 9.08. The third kappa shape index (κ3) is 4.43. The summed E-state index contributed by atoms with van der Waals surface area (Å²) in [5.41, 5.74) is 5.59. The largest absolute Gasteiger partial charge is 0.393 e. The van der Waals surface area contributed by atoms with Crippen LogP contribution in [0.5, 0.6) is 0 Å². The summed E-state index contributed by atoms with van der Waals surface area (Å²) >= 11 is 0. The van der Waals surface area contributed by atoms with Gasteiger partial charge < -0.3 is 10.8 Å². The van der Waals surface area contributed by atoms with Crippen molar-refractivity contribution in [1.82, 2.24) is 0 Å². The van der Waals surface area contributed by atoms with Crippen LogP contribution in [-0.4, -0.2) is 17.3 Å². The van der Waals surface area contributed by atoms with Gasteiger partial charge in [-0.2, -0.15) is 0 Å². The summed E-state index contributed by atoms with van der Waals surface area (Å²) in [4.78, 5) is 0. The lowest BCUT2D eigenvalue weighted by atomic mass is 10.1. The van der Waals surface area contributed by atoms with Gasteiger partial charge in [0.15, 0.2) is 0 Å². The molecule has 0 aliphatic heterocycles. The van der Waals surface area contributed by atoms with Crippen molar-refractivity contribution in [3.8, 4) is 0 Å². The van der Waals surface area contributed by atoms with Crippen LogP contribution in [0.2, 0.25) is 0 Å². The highest BCUT2D eigenvalue weighted by Gasteiger charge is 2.05. The van der Waals surface area contributed by atoms with Gasteiger partial charge in [0.2, 0.25) is 0 Å². The second kappa shape index (κ2) is 4.77. The number of nitrogens with two attached hydrogens (primary N) is 1. The average molecular weight is 131 g/mol. The molecule has 0 rings (SSSR count). The number of hydrogen-bond acceptors (Lipinski definition) is 2. The summed E-state index contributed by atoms with van der Waals surface area (Å²) in [6.45, 7) is 4.00. The van der Waals surface area contributed by atoms with Gasteiger partial charge in [-0.3, -0.25) is 0 Å². The molecule has 0 saturated heterocycles. The molecule has 2 nitrogen and oxygen atoms in total. The van der Waals surface area contributed by atoms with Gasteiger partial charge in [-0.15, -0.1) is 0 Å². The normalized spacial score (nSPS) is 17.3. The monoisotopic (exact) mass is 131 g/mol. The molecule has 2 atom stereocenters. The van der Waals surface area contributed by atoms with Crippen molar-refractivity contribution in [2.45, 2.75) is 45.3 Å². The minimum absolute atomic E-state index is 0.181. The molecule has 0 bridgehead atoms. The summed E-state index contributed by atoms with van der Waals surface area (Å²) in [7, 11) is 0. The zero-order chi connectivity index (χ0) is 7.28. The maximum atomic E-state index is 9.08. The van der Waals surface area contributed by atoms with Crippen LogP contribution < -0.4 is 5.73 Å². The highest BCUT2D eigenvalue weighted by atomic mass is 16.3. The van der Waals surface area contributed by atoms with E-state index in [1.807, 2.05) is 13.8 Å². The van der Waals surface area contributed by atoms with Crippen molar-refractivity contribution in [3.63, 3.8) is 0 Å². The molecule has 0 aliphatic carbocycles. The average Bonchev–Trinajstić information content (AvgIpc) is 1.87. The maximum Gasteiger partial charge on any atom is 0.0552 e. The molecule has 0 aromatic rings. The van der Waals surface area contributed by atoms with Gasteiger partial charge in [-0.25, -0.2) is 0 Å². The van der Waals surface area contributed by atoms with Gasteiger partial charge in [0.1, 0.15) is 0 Å². The van der Waals surface area contributed by atoms with Crippen molar-refractivity contribution < 1.29 is 5.11 Å². The van der Waals surface area contributed by atoms with E-state index >= 15 is 0 Å². The van der Waals surface area contributed by atoms with E-state index in [1.165, 1.54) is 0 Å². The summed E-state index contributed by atoms with van der Waals surface area (Å²) in [6.07, 6.45) is 2.32. The van der Waals surface area contributed by atoms with Gasteiger partial charge in [0.05, 0.1) is 6.10 Å². The molecule has 0 aromatic heterocycles. The van der Waals surface area contributed by atoms with Gasteiger partial charge in [-0.05, 0) is 19.3 Å². The van der Waals surface area contributed by atoms with Crippen molar-refractivity contribution in [3.05, 3.63) is 0 Å². The predicted octanol–water partition coefficient (Wildman–Crippen LogP) is 0.885. The molecule has 2 heteroatoms. The van der Waals surface area contributed by atoms with E-state index in [9.17, 15) is 0 Å². The van der Waals surface area contributed by atoms with E-state index in [0.717, 1.165) is 19.3 Å². The van der Waals surface area contributed by atoms with Crippen LogP contribution in [0.1, 0.15) is 33.1 Å². The molecule has 0 saturated carbocycles. The lowest BCUT2D eigenvalue weighted by Crippen LogP contribution is -2.24. The van der Waals surface area contributed by atoms with E-state index < -0.39 is 0 Å². The third-order valence-corrected chi connectivity index (χ3v) is 1.57. The fraction of sp³-hybridized carbons (Fsp3) is 1.00.